The summed E-state index contributed by atoms with van der Waals surface area (Å²) >= 11 is 4.97. The molecular formula is C12H13BrFNOS. The molecule has 92 valence electrons. The van der Waals surface area contributed by atoms with E-state index in [1.165, 1.54) is 12.1 Å². The summed E-state index contributed by atoms with van der Waals surface area (Å²) < 4.78 is 13.4. The lowest BCUT2D eigenvalue weighted by Crippen LogP contribution is -2.44. The number of halogens is 2. The van der Waals surface area contributed by atoms with Crippen LogP contribution in [0.5, 0.6) is 0 Å². The van der Waals surface area contributed by atoms with Gasteiger partial charge in [-0.25, -0.2) is 4.39 Å². The van der Waals surface area contributed by atoms with E-state index in [2.05, 4.69) is 15.9 Å². The van der Waals surface area contributed by atoms with Crippen LogP contribution in [0.4, 0.5) is 4.39 Å². The molecule has 1 atom stereocenters. The largest absolute Gasteiger partial charge is 0.334 e. The molecule has 0 saturated carbocycles. The Labute approximate surface area is 113 Å². The minimum atomic E-state index is -0.344. The molecular weight excluding hydrogens is 305 g/mol. The van der Waals surface area contributed by atoms with Gasteiger partial charge in [-0.3, -0.25) is 4.79 Å². The van der Waals surface area contributed by atoms with Crippen molar-refractivity contribution in [3.63, 3.8) is 0 Å². The van der Waals surface area contributed by atoms with E-state index in [-0.39, 0.29) is 17.8 Å². The van der Waals surface area contributed by atoms with Crippen LogP contribution >= 0.6 is 27.7 Å². The van der Waals surface area contributed by atoms with Crippen molar-refractivity contribution >= 4 is 33.6 Å². The van der Waals surface area contributed by atoms with Crippen molar-refractivity contribution in [1.82, 2.24) is 4.90 Å². The number of hydrogen-bond acceptors (Lipinski definition) is 2. The Morgan fingerprint density at radius 1 is 1.59 bits per heavy atom. The highest BCUT2D eigenvalue weighted by Gasteiger charge is 2.24. The maximum Gasteiger partial charge on any atom is 0.254 e. The van der Waals surface area contributed by atoms with Crippen LogP contribution in [0.25, 0.3) is 0 Å². The highest BCUT2D eigenvalue weighted by atomic mass is 79.9. The molecule has 1 aromatic carbocycles. The van der Waals surface area contributed by atoms with Crippen molar-refractivity contribution in [1.29, 1.82) is 0 Å². The number of benzene rings is 1. The predicted octanol–water partition coefficient (Wildman–Crippen LogP) is 3.17. The molecule has 2 rings (SSSR count). The summed E-state index contributed by atoms with van der Waals surface area (Å²) in [5, 5.41) is 0. The van der Waals surface area contributed by atoms with Crippen molar-refractivity contribution < 1.29 is 9.18 Å². The van der Waals surface area contributed by atoms with Gasteiger partial charge in [0.1, 0.15) is 5.82 Å². The molecule has 0 bridgehead atoms. The maximum atomic E-state index is 13.1. The number of carbonyl (C=O) groups excluding carboxylic acids is 1. The highest BCUT2D eigenvalue weighted by molar-refractivity contribution is 9.10. The molecule has 17 heavy (non-hydrogen) atoms. The Balaban J connectivity index is 2.21. The van der Waals surface area contributed by atoms with E-state index in [1.807, 2.05) is 23.6 Å². The Morgan fingerprint density at radius 3 is 3.00 bits per heavy atom. The van der Waals surface area contributed by atoms with Gasteiger partial charge in [0.05, 0.1) is 4.47 Å². The van der Waals surface area contributed by atoms with E-state index < -0.39 is 0 Å². The monoisotopic (exact) mass is 317 g/mol. The van der Waals surface area contributed by atoms with Crippen LogP contribution in [0.3, 0.4) is 0 Å². The number of rotatable bonds is 1. The van der Waals surface area contributed by atoms with Gasteiger partial charge >= 0.3 is 0 Å². The lowest BCUT2D eigenvalue weighted by atomic mass is 10.1. The molecule has 2 nitrogen and oxygen atoms in total. The van der Waals surface area contributed by atoms with Gasteiger partial charge in [-0.05, 0) is 41.1 Å². The maximum absolute atomic E-state index is 13.1. The zero-order valence-electron chi connectivity index (χ0n) is 9.45. The Hall–Kier alpha value is -0.550. The number of amides is 1. The molecule has 1 heterocycles. The molecule has 1 saturated heterocycles. The van der Waals surface area contributed by atoms with Crippen LogP contribution < -0.4 is 0 Å². The molecule has 5 heteroatoms. The summed E-state index contributed by atoms with van der Waals surface area (Å²) in [6.07, 6.45) is 0. The van der Waals surface area contributed by atoms with Gasteiger partial charge in [0, 0.05) is 29.7 Å². The van der Waals surface area contributed by atoms with E-state index in [1.54, 1.807) is 6.07 Å². The molecule has 1 amide bonds. The van der Waals surface area contributed by atoms with Gasteiger partial charge in [-0.15, -0.1) is 0 Å². The SMILES string of the molecule is CC1CSCCN1C(=O)c1ccc(F)c(Br)c1. The third-order valence-electron chi connectivity index (χ3n) is 2.80. The molecule has 1 aromatic rings. The molecule has 0 aromatic heterocycles. The minimum absolute atomic E-state index is 0.0153. The number of nitrogens with zero attached hydrogens (tertiary/aromatic N) is 1. The van der Waals surface area contributed by atoms with Crippen molar-refractivity contribution in [2.24, 2.45) is 0 Å². The van der Waals surface area contributed by atoms with Crippen molar-refractivity contribution in [2.75, 3.05) is 18.1 Å². The first-order valence-corrected chi connectivity index (χ1v) is 7.38. The van der Waals surface area contributed by atoms with Crippen molar-refractivity contribution in [3.8, 4) is 0 Å². The van der Waals surface area contributed by atoms with Crippen molar-refractivity contribution in [2.45, 2.75) is 13.0 Å². The van der Waals surface area contributed by atoms with E-state index in [4.69, 9.17) is 0 Å². The van der Waals surface area contributed by atoms with Crippen LogP contribution in [0.2, 0.25) is 0 Å². The summed E-state index contributed by atoms with van der Waals surface area (Å²) in [6, 6.07) is 4.65. The first kappa shape index (κ1) is 12.9. The van der Waals surface area contributed by atoms with Gasteiger partial charge in [0.2, 0.25) is 0 Å². The molecule has 0 radical (unpaired) electrons. The third-order valence-corrected chi connectivity index (χ3v) is 4.59. The fourth-order valence-electron chi connectivity index (χ4n) is 1.82. The summed E-state index contributed by atoms with van der Waals surface area (Å²) in [5.74, 6) is 1.58. The van der Waals surface area contributed by atoms with Crippen LogP contribution in [0.15, 0.2) is 22.7 Å². The molecule has 0 N–H and O–H groups in total. The van der Waals surface area contributed by atoms with E-state index in [9.17, 15) is 9.18 Å². The van der Waals surface area contributed by atoms with Gasteiger partial charge in [0.25, 0.3) is 5.91 Å². The quantitative estimate of drug-likeness (QED) is 0.793. The lowest BCUT2D eigenvalue weighted by Gasteiger charge is -2.33. The average Bonchev–Trinajstić information content (AvgIpc) is 2.32. The molecule has 1 fully saturated rings. The zero-order valence-corrected chi connectivity index (χ0v) is 11.9. The highest BCUT2D eigenvalue weighted by Crippen LogP contribution is 2.21. The summed E-state index contributed by atoms with van der Waals surface area (Å²) in [5.41, 5.74) is 0.539. The second-order valence-corrected chi connectivity index (χ2v) is 6.06. The fourth-order valence-corrected chi connectivity index (χ4v) is 3.22. The normalized spacial score (nSPS) is 20.4. The topological polar surface area (TPSA) is 20.3 Å². The Bertz CT molecular complexity index is 441. The molecule has 1 aliphatic heterocycles. The van der Waals surface area contributed by atoms with Crippen LogP contribution in [-0.4, -0.2) is 34.9 Å². The Morgan fingerprint density at radius 2 is 2.35 bits per heavy atom. The number of thioether (sulfide) groups is 1. The number of hydrogen-bond donors (Lipinski definition) is 0. The average molecular weight is 318 g/mol. The lowest BCUT2D eigenvalue weighted by molar-refractivity contribution is 0.0716. The summed E-state index contributed by atoms with van der Waals surface area (Å²) in [4.78, 5) is 14.1. The van der Waals surface area contributed by atoms with E-state index in [0.717, 1.165) is 18.1 Å². The van der Waals surface area contributed by atoms with E-state index in [0.29, 0.717) is 10.0 Å². The van der Waals surface area contributed by atoms with Crippen LogP contribution in [0.1, 0.15) is 17.3 Å². The Kier molecular flexibility index (Phi) is 4.09. The van der Waals surface area contributed by atoms with Gasteiger partial charge in [0.15, 0.2) is 0 Å². The third kappa shape index (κ3) is 2.83. The van der Waals surface area contributed by atoms with Gasteiger partial charge in [-0.2, -0.15) is 11.8 Å². The molecule has 0 spiro atoms. The summed E-state index contributed by atoms with van der Waals surface area (Å²) in [7, 11) is 0. The first-order chi connectivity index (χ1) is 8.09. The second-order valence-electron chi connectivity index (χ2n) is 4.05. The molecule has 0 aliphatic carbocycles. The second kappa shape index (κ2) is 5.40. The fraction of sp³-hybridized carbons (Fsp3) is 0.417. The molecule has 1 aliphatic rings. The number of carbonyl (C=O) groups is 1. The predicted molar refractivity (Wildman–Crippen MR) is 71.9 cm³/mol. The van der Waals surface area contributed by atoms with Gasteiger partial charge < -0.3 is 4.90 Å². The van der Waals surface area contributed by atoms with Crippen LogP contribution in [-0.2, 0) is 0 Å². The zero-order chi connectivity index (χ0) is 12.4. The van der Waals surface area contributed by atoms with Crippen LogP contribution in [0, 0.1) is 5.82 Å². The minimum Gasteiger partial charge on any atom is -0.334 e. The smallest absolute Gasteiger partial charge is 0.254 e. The van der Waals surface area contributed by atoms with Crippen molar-refractivity contribution in [3.05, 3.63) is 34.1 Å². The molecule has 1 unspecified atom stereocenters. The first-order valence-electron chi connectivity index (χ1n) is 5.43. The standard InChI is InChI=1S/C12H13BrFNOS/c1-8-7-17-5-4-15(8)12(16)9-2-3-11(14)10(13)6-9/h2-3,6,8H,4-5,7H2,1H3. The van der Waals surface area contributed by atoms with Gasteiger partial charge in [-0.1, -0.05) is 0 Å². The summed E-state index contributed by atoms with van der Waals surface area (Å²) in [6.45, 7) is 2.81. The van der Waals surface area contributed by atoms with E-state index >= 15 is 0 Å².